The highest BCUT2D eigenvalue weighted by Gasteiger charge is 2.49. The highest BCUT2D eigenvalue weighted by Crippen LogP contribution is 2.37. The van der Waals surface area contributed by atoms with Crippen molar-refractivity contribution in [1.82, 2.24) is 4.90 Å². The zero-order valence-electron chi connectivity index (χ0n) is 19.2. The topological polar surface area (TPSA) is 89.7 Å². The molecule has 2 N–H and O–H groups in total. The van der Waals surface area contributed by atoms with Gasteiger partial charge in [-0.1, -0.05) is 60.1 Å². The lowest BCUT2D eigenvalue weighted by molar-refractivity contribution is -0.824. The van der Waals surface area contributed by atoms with Gasteiger partial charge in [-0.3, -0.25) is 9.55 Å². The number of nitrogens with two attached hydrogens (primary N) is 1. The monoisotopic (exact) mass is 536 g/mol. The van der Waals surface area contributed by atoms with Gasteiger partial charge in [-0.05, 0) is 29.8 Å². The Morgan fingerprint density at radius 1 is 1.00 bits per heavy atom. The van der Waals surface area contributed by atoms with Crippen LogP contribution in [0.5, 0.6) is 0 Å². The Kier molecular flexibility index (Phi) is 7.24. The first-order chi connectivity index (χ1) is 17.4. The number of anilines is 1. The van der Waals surface area contributed by atoms with Crippen LogP contribution in [0.3, 0.4) is 0 Å². The summed E-state index contributed by atoms with van der Waals surface area (Å²) < 4.78 is 53.5. The van der Waals surface area contributed by atoms with E-state index in [-0.39, 0.29) is 17.3 Å². The number of amides is 4. The molecule has 2 unspecified atom stereocenters. The lowest BCUT2D eigenvalue weighted by Gasteiger charge is -2.49. The summed E-state index contributed by atoms with van der Waals surface area (Å²) in [6, 6.07) is 13.4. The van der Waals surface area contributed by atoms with Crippen molar-refractivity contribution in [2.45, 2.75) is 18.8 Å². The number of alkyl halides is 3. The molecule has 0 spiro atoms. The summed E-state index contributed by atoms with van der Waals surface area (Å²) in [6.45, 7) is -2.35. The number of urea groups is 2. The lowest BCUT2D eigenvalue weighted by atomic mass is 10.1. The number of hydrogen-bond donors (Lipinski definition) is 1. The van der Waals surface area contributed by atoms with Crippen molar-refractivity contribution >= 4 is 29.4 Å². The van der Waals surface area contributed by atoms with Gasteiger partial charge in [0.05, 0.1) is 21.8 Å². The Hall–Kier alpha value is -3.51. The number of nitrogens with zero attached hydrogens (tertiary/aromatic N) is 3. The number of hydroxylamine groups is 3. The summed E-state index contributed by atoms with van der Waals surface area (Å²) in [5.41, 5.74) is 4.35. The molecule has 37 heavy (non-hydrogen) atoms. The third kappa shape index (κ3) is 5.30. The van der Waals surface area contributed by atoms with Gasteiger partial charge >= 0.3 is 18.2 Å². The predicted octanol–water partition coefficient (Wildman–Crippen LogP) is 6.03. The zero-order chi connectivity index (χ0) is 27.0. The molecule has 1 aliphatic heterocycles. The van der Waals surface area contributed by atoms with E-state index in [0.717, 1.165) is 17.0 Å². The Morgan fingerprint density at radius 3 is 2.30 bits per heavy atom. The van der Waals surface area contributed by atoms with Crippen molar-refractivity contribution in [3.63, 3.8) is 0 Å². The van der Waals surface area contributed by atoms with E-state index < -0.39 is 59.1 Å². The molecule has 7 nitrogen and oxygen atoms in total. The molecule has 3 aromatic rings. The number of halogens is 5. The standard InChI is InChI=1S/C25H21ClF4N4O3/c26-19-10-4-5-12-22(19)33-23(35)32(13-21(31)16-7-2-1-3-8-16)15-34(37,24(33)36)14-17-18(25(28,29)30)9-6-11-20(17)27/h1-12,21H,13-15,31H2. The highest BCUT2D eigenvalue weighted by molar-refractivity contribution is 6.35. The molecule has 0 aromatic heterocycles. The largest absolute Gasteiger partial charge is 0.622 e. The average molecular weight is 537 g/mol. The number of carbonyl (C=O) groups excluding carboxylic acids is 2. The number of carbonyl (C=O) groups is 2. The zero-order valence-corrected chi connectivity index (χ0v) is 19.9. The average Bonchev–Trinajstić information content (AvgIpc) is 2.85. The van der Waals surface area contributed by atoms with E-state index in [0.29, 0.717) is 16.5 Å². The van der Waals surface area contributed by atoms with Gasteiger partial charge in [0.1, 0.15) is 12.4 Å². The van der Waals surface area contributed by atoms with E-state index in [2.05, 4.69) is 0 Å². The van der Waals surface area contributed by atoms with Crippen LogP contribution in [-0.4, -0.2) is 34.8 Å². The fraction of sp³-hybridized carbons (Fsp3) is 0.200. The quantitative estimate of drug-likeness (QED) is 0.236. The normalized spacial score (nSPS) is 19.3. The summed E-state index contributed by atoms with van der Waals surface area (Å²) in [7, 11) is 0. The van der Waals surface area contributed by atoms with Gasteiger partial charge < -0.3 is 10.9 Å². The third-order valence-electron chi connectivity index (χ3n) is 5.98. The Balaban J connectivity index is 1.78. The molecule has 194 valence electrons. The van der Waals surface area contributed by atoms with E-state index in [9.17, 15) is 32.4 Å². The van der Waals surface area contributed by atoms with Gasteiger partial charge in [-0.25, -0.2) is 14.0 Å². The minimum Gasteiger partial charge on any atom is -0.622 e. The molecule has 0 saturated carbocycles. The first-order valence-corrected chi connectivity index (χ1v) is 11.4. The molecule has 4 rings (SSSR count). The molecular weight excluding hydrogens is 516 g/mol. The summed E-state index contributed by atoms with van der Waals surface area (Å²) in [5, 5.41) is 13.9. The van der Waals surface area contributed by atoms with Crippen molar-refractivity contribution in [3.8, 4) is 0 Å². The maximum Gasteiger partial charge on any atom is 0.433 e. The van der Waals surface area contributed by atoms with E-state index in [1.165, 1.54) is 24.3 Å². The van der Waals surface area contributed by atoms with E-state index in [1.807, 2.05) is 0 Å². The molecule has 0 aliphatic carbocycles. The van der Waals surface area contributed by atoms with Crippen LogP contribution < -0.4 is 10.6 Å². The first-order valence-electron chi connectivity index (χ1n) is 11.0. The molecule has 1 aliphatic rings. The van der Waals surface area contributed by atoms with Crippen LogP contribution in [-0.2, 0) is 12.7 Å². The van der Waals surface area contributed by atoms with E-state index in [4.69, 9.17) is 17.3 Å². The number of hydrogen-bond acceptors (Lipinski definition) is 4. The molecule has 1 fully saturated rings. The number of quaternary nitrogens is 1. The van der Waals surface area contributed by atoms with Gasteiger partial charge in [0, 0.05) is 12.6 Å². The Labute approximate surface area is 214 Å². The summed E-state index contributed by atoms with van der Waals surface area (Å²) in [6.07, 6.45) is -4.98. The highest BCUT2D eigenvalue weighted by atomic mass is 35.5. The molecular formula is C25H21ClF4N4O3. The molecule has 0 bridgehead atoms. The van der Waals surface area contributed by atoms with Crippen molar-refractivity contribution in [3.05, 3.63) is 106 Å². The van der Waals surface area contributed by atoms with Crippen molar-refractivity contribution in [2.24, 2.45) is 5.73 Å². The minimum absolute atomic E-state index is 0.0492. The van der Waals surface area contributed by atoms with Gasteiger partial charge in [-0.15, -0.1) is 0 Å². The van der Waals surface area contributed by atoms with Crippen LogP contribution >= 0.6 is 11.6 Å². The number of imide groups is 1. The van der Waals surface area contributed by atoms with Crippen LogP contribution in [0.2, 0.25) is 5.02 Å². The molecule has 0 radical (unpaired) electrons. The SMILES string of the molecule is NC(CN1C[N+]([O-])(Cc2c(F)cccc2C(F)(F)F)C(=O)N(c2ccccc2Cl)C1=O)c1ccccc1. The molecule has 1 heterocycles. The Morgan fingerprint density at radius 2 is 1.65 bits per heavy atom. The number of rotatable bonds is 6. The van der Waals surface area contributed by atoms with E-state index in [1.54, 1.807) is 30.3 Å². The van der Waals surface area contributed by atoms with Crippen molar-refractivity contribution in [1.29, 1.82) is 0 Å². The number of benzene rings is 3. The molecule has 3 aromatic carbocycles. The van der Waals surface area contributed by atoms with Gasteiger partial charge in [-0.2, -0.15) is 18.1 Å². The second-order valence-corrected chi connectivity index (χ2v) is 8.95. The van der Waals surface area contributed by atoms with E-state index >= 15 is 0 Å². The summed E-state index contributed by atoms with van der Waals surface area (Å²) >= 11 is 6.19. The second-order valence-electron chi connectivity index (χ2n) is 8.54. The maximum atomic E-state index is 14.6. The van der Waals surface area contributed by atoms with Crippen LogP contribution in [0, 0.1) is 11.0 Å². The molecule has 4 amide bonds. The van der Waals surface area contributed by atoms with Gasteiger partial charge in [0.25, 0.3) is 0 Å². The first kappa shape index (κ1) is 26.6. The van der Waals surface area contributed by atoms with Crippen LogP contribution in [0.1, 0.15) is 22.7 Å². The second kappa shape index (κ2) is 10.1. The smallest absolute Gasteiger partial charge is 0.433 e. The Bertz CT molecular complexity index is 1320. The fourth-order valence-corrected chi connectivity index (χ4v) is 4.40. The lowest BCUT2D eigenvalue weighted by Crippen LogP contribution is -2.68. The van der Waals surface area contributed by atoms with Gasteiger partial charge in [0.2, 0.25) is 0 Å². The minimum atomic E-state index is -4.98. The van der Waals surface area contributed by atoms with Gasteiger partial charge in [0.15, 0.2) is 6.67 Å². The summed E-state index contributed by atoms with van der Waals surface area (Å²) in [4.78, 5) is 28.3. The van der Waals surface area contributed by atoms with Crippen LogP contribution in [0.15, 0.2) is 72.8 Å². The molecule has 2 atom stereocenters. The van der Waals surface area contributed by atoms with Crippen molar-refractivity contribution < 1.29 is 31.8 Å². The molecule has 1 saturated heterocycles. The fourth-order valence-electron chi connectivity index (χ4n) is 4.18. The number of para-hydroxylation sites is 1. The predicted molar refractivity (Wildman–Crippen MR) is 128 cm³/mol. The maximum absolute atomic E-state index is 14.6. The third-order valence-corrected chi connectivity index (χ3v) is 6.30. The van der Waals surface area contributed by atoms with Crippen molar-refractivity contribution in [2.75, 3.05) is 18.1 Å². The van der Waals surface area contributed by atoms with Crippen LogP contribution in [0.25, 0.3) is 0 Å². The summed E-state index contributed by atoms with van der Waals surface area (Å²) in [5.74, 6) is -1.30. The van der Waals surface area contributed by atoms with Crippen LogP contribution in [0.4, 0.5) is 32.8 Å². The molecule has 12 heteroatoms.